The molecule has 0 saturated heterocycles. The number of rotatable bonds is 2. The van der Waals surface area contributed by atoms with Gasteiger partial charge in [0.25, 0.3) is 0 Å². The van der Waals surface area contributed by atoms with Crippen LogP contribution < -0.4 is 4.90 Å². The number of fused-ring (bicyclic) bond motifs is 1. The van der Waals surface area contributed by atoms with Crippen LogP contribution >= 0.6 is 0 Å². The maximum absolute atomic E-state index is 11.4. The lowest BCUT2D eigenvalue weighted by Gasteiger charge is -2.31. The molecule has 0 atom stereocenters. The number of aromatic carboxylic acids is 1. The van der Waals surface area contributed by atoms with E-state index in [2.05, 4.69) is 30.1 Å². The second-order valence-corrected chi connectivity index (χ2v) is 5.07. The molecule has 1 aromatic carbocycles. The smallest absolute Gasteiger partial charge is 0.339 e. The van der Waals surface area contributed by atoms with E-state index >= 15 is 0 Å². The van der Waals surface area contributed by atoms with Gasteiger partial charge in [0.2, 0.25) is 0 Å². The highest BCUT2D eigenvalue weighted by molar-refractivity contribution is 5.94. The second-order valence-electron chi connectivity index (χ2n) is 5.07. The molecule has 0 saturated carbocycles. The molecule has 20 heavy (non-hydrogen) atoms. The molecule has 0 radical (unpaired) electrons. The molecule has 1 N–H and O–H groups in total. The lowest BCUT2D eigenvalue weighted by atomic mass is 9.99. The maximum atomic E-state index is 11.4. The number of aryl methyl sites for hydroxylation is 2. The maximum Gasteiger partial charge on any atom is 0.339 e. The minimum Gasteiger partial charge on any atom is -0.478 e. The molecule has 0 unspecified atom stereocenters. The average molecular weight is 268 g/mol. The highest BCUT2D eigenvalue weighted by atomic mass is 16.4. The number of benzene rings is 1. The molecular weight excluding hydrogens is 252 g/mol. The van der Waals surface area contributed by atoms with Gasteiger partial charge in [-0.15, -0.1) is 0 Å². The molecular formula is C16H16N2O2. The Kier molecular flexibility index (Phi) is 3.14. The van der Waals surface area contributed by atoms with Crippen molar-refractivity contribution in [3.63, 3.8) is 0 Å². The minimum absolute atomic E-state index is 0.251. The Morgan fingerprint density at radius 3 is 3.00 bits per heavy atom. The summed E-state index contributed by atoms with van der Waals surface area (Å²) in [5, 5.41) is 9.32. The lowest BCUT2D eigenvalue weighted by molar-refractivity contribution is 0.0697. The van der Waals surface area contributed by atoms with E-state index < -0.39 is 5.97 Å². The molecule has 0 bridgehead atoms. The topological polar surface area (TPSA) is 53.4 Å². The zero-order chi connectivity index (χ0) is 14.1. The Bertz CT molecular complexity index is 667. The first kappa shape index (κ1) is 12.7. The van der Waals surface area contributed by atoms with Crippen molar-refractivity contribution in [2.45, 2.75) is 19.8 Å². The first-order valence-corrected chi connectivity index (χ1v) is 6.72. The van der Waals surface area contributed by atoms with Gasteiger partial charge in [0.05, 0.1) is 0 Å². The highest BCUT2D eigenvalue weighted by Crippen LogP contribution is 2.34. The van der Waals surface area contributed by atoms with Crippen LogP contribution in [0.3, 0.4) is 0 Å². The van der Waals surface area contributed by atoms with Crippen LogP contribution in [0.5, 0.6) is 0 Å². The lowest BCUT2D eigenvalue weighted by Crippen LogP contribution is -2.27. The molecule has 2 heterocycles. The van der Waals surface area contributed by atoms with Gasteiger partial charge in [0.15, 0.2) is 0 Å². The van der Waals surface area contributed by atoms with Crippen molar-refractivity contribution in [1.29, 1.82) is 0 Å². The number of aromatic nitrogens is 1. The van der Waals surface area contributed by atoms with E-state index in [1.807, 2.05) is 4.90 Å². The van der Waals surface area contributed by atoms with Crippen molar-refractivity contribution < 1.29 is 9.90 Å². The van der Waals surface area contributed by atoms with E-state index in [1.54, 1.807) is 18.3 Å². The number of hydrogen-bond acceptors (Lipinski definition) is 3. The van der Waals surface area contributed by atoms with Gasteiger partial charge in [-0.3, -0.25) is 0 Å². The summed E-state index contributed by atoms with van der Waals surface area (Å²) in [6.45, 7) is 2.87. The molecule has 102 valence electrons. The van der Waals surface area contributed by atoms with Crippen LogP contribution in [-0.2, 0) is 6.42 Å². The van der Waals surface area contributed by atoms with Gasteiger partial charge in [-0.05, 0) is 43.5 Å². The van der Waals surface area contributed by atoms with E-state index in [-0.39, 0.29) is 5.56 Å². The SMILES string of the molecule is Cc1ccc2c(c1)CCCN2c1ncccc1C(=O)O. The van der Waals surface area contributed by atoms with Gasteiger partial charge in [-0.2, -0.15) is 0 Å². The summed E-state index contributed by atoms with van der Waals surface area (Å²) in [4.78, 5) is 17.7. The van der Waals surface area contributed by atoms with Crippen LogP contribution in [-0.4, -0.2) is 22.6 Å². The van der Waals surface area contributed by atoms with Crippen LogP contribution in [0.4, 0.5) is 11.5 Å². The van der Waals surface area contributed by atoms with Crippen LogP contribution in [0.1, 0.15) is 27.9 Å². The zero-order valence-electron chi connectivity index (χ0n) is 11.3. The fourth-order valence-electron chi connectivity index (χ4n) is 2.72. The number of carboxylic acid groups (broad SMARTS) is 1. The van der Waals surface area contributed by atoms with Crippen molar-refractivity contribution in [3.05, 3.63) is 53.2 Å². The Hall–Kier alpha value is -2.36. The van der Waals surface area contributed by atoms with Gasteiger partial charge >= 0.3 is 5.97 Å². The number of nitrogens with zero attached hydrogens (tertiary/aromatic N) is 2. The monoisotopic (exact) mass is 268 g/mol. The molecule has 4 heteroatoms. The number of carbonyl (C=O) groups is 1. The first-order chi connectivity index (χ1) is 9.66. The zero-order valence-corrected chi connectivity index (χ0v) is 11.3. The quantitative estimate of drug-likeness (QED) is 0.909. The Morgan fingerprint density at radius 1 is 1.35 bits per heavy atom. The molecule has 0 aliphatic carbocycles. The van der Waals surface area contributed by atoms with Gasteiger partial charge in [0, 0.05) is 18.4 Å². The largest absolute Gasteiger partial charge is 0.478 e. The minimum atomic E-state index is -0.938. The average Bonchev–Trinajstić information content (AvgIpc) is 2.46. The van der Waals surface area contributed by atoms with Crippen molar-refractivity contribution >= 4 is 17.5 Å². The molecule has 1 aliphatic heterocycles. The van der Waals surface area contributed by atoms with E-state index in [4.69, 9.17) is 0 Å². The van der Waals surface area contributed by atoms with Crippen molar-refractivity contribution in [3.8, 4) is 0 Å². The van der Waals surface area contributed by atoms with E-state index in [1.165, 1.54) is 11.1 Å². The van der Waals surface area contributed by atoms with Crippen molar-refractivity contribution in [2.75, 3.05) is 11.4 Å². The van der Waals surface area contributed by atoms with Crippen molar-refractivity contribution in [1.82, 2.24) is 4.98 Å². The predicted molar refractivity (Wildman–Crippen MR) is 77.7 cm³/mol. The van der Waals surface area contributed by atoms with E-state index in [0.717, 1.165) is 25.1 Å². The third kappa shape index (κ3) is 2.13. The molecule has 1 aromatic heterocycles. The predicted octanol–water partition coefficient (Wildman–Crippen LogP) is 3.17. The molecule has 0 amide bonds. The van der Waals surface area contributed by atoms with Crippen LogP contribution in [0, 0.1) is 6.92 Å². The summed E-state index contributed by atoms with van der Waals surface area (Å²) < 4.78 is 0. The summed E-state index contributed by atoms with van der Waals surface area (Å²) in [5.74, 6) is -0.405. The number of hydrogen-bond donors (Lipinski definition) is 1. The standard InChI is InChI=1S/C16H16N2O2/c1-11-6-7-14-12(10-11)4-3-9-18(14)15-13(16(19)20)5-2-8-17-15/h2,5-8,10H,3-4,9H2,1H3,(H,19,20). The third-order valence-electron chi connectivity index (χ3n) is 3.63. The van der Waals surface area contributed by atoms with Crippen LogP contribution in [0.2, 0.25) is 0 Å². The highest BCUT2D eigenvalue weighted by Gasteiger charge is 2.23. The molecule has 0 spiro atoms. The normalized spacial score (nSPS) is 13.9. The molecule has 2 aromatic rings. The number of carboxylic acids is 1. The summed E-state index contributed by atoms with van der Waals surface area (Å²) in [7, 11) is 0. The number of anilines is 2. The van der Waals surface area contributed by atoms with Gasteiger partial charge < -0.3 is 10.0 Å². The van der Waals surface area contributed by atoms with Crippen LogP contribution in [0.15, 0.2) is 36.5 Å². The molecule has 0 fully saturated rings. The van der Waals surface area contributed by atoms with E-state index in [0.29, 0.717) is 5.82 Å². The summed E-state index contributed by atoms with van der Waals surface area (Å²) >= 11 is 0. The van der Waals surface area contributed by atoms with Gasteiger partial charge in [0.1, 0.15) is 11.4 Å². The van der Waals surface area contributed by atoms with Gasteiger partial charge in [-0.25, -0.2) is 9.78 Å². The fraction of sp³-hybridized carbons (Fsp3) is 0.250. The summed E-state index contributed by atoms with van der Waals surface area (Å²) in [6, 6.07) is 9.55. The molecule has 1 aliphatic rings. The Labute approximate surface area is 117 Å². The Morgan fingerprint density at radius 2 is 2.20 bits per heavy atom. The fourth-order valence-corrected chi connectivity index (χ4v) is 2.72. The Balaban J connectivity index is 2.12. The molecule has 4 nitrogen and oxygen atoms in total. The van der Waals surface area contributed by atoms with E-state index in [9.17, 15) is 9.90 Å². The summed E-state index contributed by atoms with van der Waals surface area (Å²) in [6.07, 6.45) is 3.68. The first-order valence-electron chi connectivity index (χ1n) is 6.72. The third-order valence-corrected chi connectivity index (χ3v) is 3.63. The number of pyridine rings is 1. The molecule has 3 rings (SSSR count). The van der Waals surface area contributed by atoms with Crippen LogP contribution in [0.25, 0.3) is 0 Å². The summed E-state index contributed by atoms with van der Waals surface area (Å²) in [5.41, 5.74) is 3.81. The second kappa shape index (κ2) is 4.96. The van der Waals surface area contributed by atoms with Crippen molar-refractivity contribution in [2.24, 2.45) is 0 Å². The van der Waals surface area contributed by atoms with Gasteiger partial charge in [-0.1, -0.05) is 17.7 Å².